The SMILES string of the molecule is CCOc1cc2c(cc1CNC(=O)[C@@H](NC(=O)c1ccccc1)[C@@H](C)CC)O[C@H](C)C2. The molecule has 2 aromatic rings. The first-order valence-corrected chi connectivity index (χ1v) is 11.0. The van der Waals surface area contributed by atoms with Crippen molar-refractivity contribution in [2.75, 3.05) is 6.61 Å². The van der Waals surface area contributed by atoms with Gasteiger partial charge < -0.3 is 20.1 Å². The third kappa shape index (κ3) is 5.57. The molecule has 6 heteroatoms. The van der Waals surface area contributed by atoms with E-state index in [9.17, 15) is 9.59 Å². The lowest BCUT2D eigenvalue weighted by atomic mass is 9.97. The Morgan fingerprint density at radius 2 is 1.94 bits per heavy atom. The van der Waals surface area contributed by atoms with E-state index in [1.54, 1.807) is 24.3 Å². The van der Waals surface area contributed by atoms with E-state index in [0.717, 1.165) is 35.5 Å². The molecule has 0 aliphatic carbocycles. The molecule has 1 aliphatic heterocycles. The van der Waals surface area contributed by atoms with E-state index in [1.807, 2.05) is 45.9 Å². The Morgan fingerprint density at radius 3 is 2.61 bits per heavy atom. The summed E-state index contributed by atoms with van der Waals surface area (Å²) in [7, 11) is 0. The largest absolute Gasteiger partial charge is 0.494 e. The predicted molar refractivity (Wildman–Crippen MR) is 120 cm³/mol. The van der Waals surface area contributed by atoms with Crippen LogP contribution in [0, 0.1) is 5.92 Å². The second kappa shape index (κ2) is 10.3. The lowest BCUT2D eigenvalue weighted by Crippen LogP contribution is -2.50. The summed E-state index contributed by atoms with van der Waals surface area (Å²) >= 11 is 0. The van der Waals surface area contributed by atoms with Crippen LogP contribution in [0.15, 0.2) is 42.5 Å². The van der Waals surface area contributed by atoms with Crippen LogP contribution in [-0.2, 0) is 17.8 Å². The highest BCUT2D eigenvalue weighted by Gasteiger charge is 2.27. The molecule has 3 rings (SSSR count). The zero-order valence-electron chi connectivity index (χ0n) is 18.7. The molecule has 0 saturated heterocycles. The van der Waals surface area contributed by atoms with Crippen molar-refractivity contribution in [3.8, 4) is 11.5 Å². The van der Waals surface area contributed by atoms with Crippen molar-refractivity contribution in [2.24, 2.45) is 5.92 Å². The Bertz CT molecular complexity index is 913. The topological polar surface area (TPSA) is 76.7 Å². The minimum Gasteiger partial charge on any atom is -0.494 e. The number of nitrogens with one attached hydrogen (secondary N) is 2. The van der Waals surface area contributed by atoms with Gasteiger partial charge >= 0.3 is 0 Å². The fourth-order valence-electron chi connectivity index (χ4n) is 3.72. The molecule has 0 radical (unpaired) electrons. The standard InChI is InChI=1S/C25H32N2O4/c1-5-16(3)23(27-24(28)18-10-8-7-9-11-18)25(29)26-15-20-14-22-19(12-17(4)31-22)13-21(20)30-6-2/h7-11,13-14,16-17,23H,5-6,12,15H2,1-4H3,(H,26,29)(H,27,28)/t16-,17+,23-/m0/s1. The van der Waals surface area contributed by atoms with Crippen molar-refractivity contribution in [3.05, 3.63) is 59.2 Å². The highest BCUT2D eigenvalue weighted by Crippen LogP contribution is 2.35. The summed E-state index contributed by atoms with van der Waals surface area (Å²) in [4.78, 5) is 25.7. The van der Waals surface area contributed by atoms with E-state index in [1.165, 1.54) is 0 Å². The third-order valence-electron chi connectivity index (χ3n) is 5.65. The van der Waals surface area contributed by atoms with Crippen LogP contribution in [0.2, 0.25) is 0 Å². The van der Waals surface area contributed by atoms with Gasteiger partial charge in [-0.15, -0.1) is 0 Å². The van der Waals surface area contributed by atoms with Gasteiger partial charge in [-0.2, -0.15) is 0 Å². The van der Waals surface area contributed by atoms with Gasteiger partial charge in [0.25, 0.3) is 5.91 Å². The number of amides is 2. The van der Waals surface area contributed by atoms with Crippen molar-refractivity contribution in [2.45, 2.75) is 59.2 Å². The van der Waals surface area contributed by atoms with E-state index in [2.05, 4.69) is 10.6 Å². The van der Waals surface area contributed by atoms with Gasteiger partial charge in [-0.3, -0.25) is 9.59 Å². The van der Waals surface area contributed by atoms with Crippen LogP contribution in [0.1, 0.15) is 55.6 Å². The van der Waals surface area contributed by atoms with E-state index < -0.39 is 6.04 Å². The van der Waals surface area contributed by atoms with Crippen LogP contribution in [-0.4, -0.2) is 30.6 Å². The summed E-state index contributed by atoms with van der Waals surface area (Å²) in [5.41, 5.74) is 2.52. The molecule has 0 bridgehead atoms. The minimum atomic E-state index is -0.626. The zero-order chi connectivity index (χ0) is 22.4. The van der Waals surface area contributed by atoms with E-state index in [4.69, 9.17) is 9.47 Å². The van der Waals surface area contributed by atoms with Crippen molar-refractivity contribution < 1.29 is 19.1 Å². The van der Waals surface area contributed by atoms with Crippen LogP contribution < -0.4 is 20.1 Å². The molecular formula is C25H32N2O4. The predicted octanol–water partition coefficient (Wildman–Crippen LogP) is 3.87. The number of carbonyl (C=O) groups excluding carboxylic acids is 2. The lowest BCUT2D eigenvalue weighted by molar-refractivity contribution is -0.124. The number of benzene rings is 2. The van der Waals surface area contributed by atoms with E-state index >= 15 is 0 Å². The Hall–Kier alpha value is -3.02. The average molecular weight is 425 g/mol. The smallest absolute Gasteiger partial charge is 0.251 e. The maximum Gasteiger partial charge on any atom is 0.251 e. The normalized spacial score (nSPS) is 16.6. The van der Waals surface area contributed by atoms with Gasteiger partial charge in [0.15, 0.2) is 0 Å². The molecule has 166 valence electrons. The summed E-state index contributed by atoms with van der Waals surface area (Å²) < 4.78 is 11.7. The quantitative estimate of drug-likeness (QED) is 0.641. The Labute approximate surface area is 184 Å². The van der Waals surface area contributed by atoms with Crippen LogP contribution in [0.25, 0.3) is 0 Å². The Kier molecular flexibility index (Phi) is 7.55. The van der Waals surface area contributed by atoms with Gasteiger partial charge in [0, 0.05) is 29.7 Å². The molecule has 1 aliphatic rings. The van der Waals surface area contributed by atoms with Crippen LogP contribution >= 0.6 is 0 Å². The van der Waals surface area contributed by atoms with Gasteiger partial charge in [0.2, 0.25) is 5.91 Å². The fourth-order valence-corrected chi connectivity index (χ4v) is 3.72. The van der Waals surface area contributed by atoms with E-state index in [-0.39, 0.29) is 23.8 Å². The first-order valence-electron chi connectivity index (χ1n) is 11.0. The third-order valence-corrected chi connectivity index (χ3v) is 5.65. The molecule has 2 amide bonds. The highest BCUT2D eigenvalue weighted by atomic mass is 16.5. The molecule has 0 unspecified atom stereocenters. The summed E-state index contributed by atoms with van der Waals surface area (Å²) in [6, 6.07) is 12.3. The van der Waals surface area contributed by atoms with Crippen LogP contribution in [0.3, 0.4) is 0 Å². The molecule has 2 N–H and O–H groups in total. The maximum atomic E-state index is 13.0. The minimum absolute atomic E-state index is 0.0109. The van der Waals surface area contributed by atoms with Gasteiger partial charge in [-0.05, 0) is 44.0 Å². The monoisotopic (exact) mass is 424 g/mol. The van der Waals surface area contributed by atoms with Gasteiger partial charge in [-0.25, -0.2) is 0 Å². The van der Waals surface area contributed by atoms with Crippen molar-refractivity contribution in [1.29, 1.82) is 0 Å². The number of ether oxygens (including phenoxy) is 2. The average Bonchev–Trinajstić information content (AvgIpc) is 3.14. The molecule has 6 nitrogen and oxygen atoms in total. The number of rotatable bonds is 9. The summed E-state index contributed by atoms with van der Waals surface area (Å²) in [6.07, 6.45) is 1.75. The molecule has 31 heavy (non-hydrogen) atoms. The molecule has 0 spiro atoms. The summed E-state index contributed by atoms with van der Waals surface area (Å²) in [6.45, 7) is 8.78. The Morgan fingerprint density at radius 1 is 1.19 bits per heavy atom. The van der Waals surface area contributed by atoms with Crippen LogP contribution in [0.4, 0.5) is 0 Å². The van der Waals surface area contributed by atoms with E-state index in [0.29, 0.717) is 18.7 Å². The number of hydrogen-bond donors (Lipinski definition) is 2. The second-order valence-corrected chi connectivity index (χ2v) is 8.05. The number of hydrogen-bond acceptors (Lipinski definition) is 4. The maximum absolute atomic E-state index is 13.0. The second-order valence-electron chi connectivity index (χ2n) is 8.05. The first-order chi connectivity index (χ1) is 14.9. The molecule has 0 saturated carbocycles. The molecule has 2 aromatic carbocycles. The number of fused-ring (bicyclic) bond motifs is 1. The van der Waals surface area contributed by atoms with Crippen LogP contribution in [0.5, 0.6) is 11.5 Å². The fraction of sp³-hybridized carbons (Fsp3) is 0.440. The van der Waals surface area contributed by atoms with Crippen molar-refractivity contribution >= 4 is 11.8 Å². The van der Waals surface area contributed by atoms with Gasteiger partial charge in [0.05, 0.1) is 6.61 Å². The summed E-state index contributed by atoms with van der Waals surface area (Å²) in [5, 5.41) is 5.88. The molecule has 1 heterocycles. The molecule has 0 fully saturated rings. The molecule has 3 atom stereocenters. The Balaban J connectivity index is 1.72. The van der Waals surface area contributed by atoms with Crippen molar-refractivity contribution in [1.82, 2.24) is 10.6 Å². The highest BCUT2D eigenvalue weighted by molar-refractivity contribution is 5.97. The molecular weight excluding hydrogens is 392 g/mol. The van der Waals surface area contributed by atoms with Gasteiger partial charge in [0.1, 0.15) is 23.6 Å². The molecule has 0 aromatic heterocycles. The lowest BCUT2D eigenvalue weighted by Gasteiger charge is -2.24. The zero-order valence-corrected chi connectivity index (χ0v) is 18.7. The first kappa shape index (κ1) is 22.7. The van der Waals surface area contributed by atoms with Crippen molar-refractivity contribution in [3.63, 3.8) is 0 Å². The van der Waals surface area contributed by atoms with Gasteiger partial charge in [-0.1, -0.05) is 38.5 Å². The number of carbonyl (C=O) groups is 2. The summed E-state index contributed by atoms with van der Waals surface area (Å²) in [5.74, 6) is 1.12.